The van der Waals surface area contributed by atoms with Gasteiger partial charge in [-0.3, -0.25) is 0 Å². The predicted octanol–water partition coefficient (Wildman–Crippen LogP) is 5.87. The molecule has 7 heteroatoms. The van der Waals surface area contributed by atoms with E-state index in [4.69, 9.17) is 11.6 Å². The number of nitrogens with one attached hydrogen (secondary N) is 1. The van der Waals surface area contributed by atoms with Crippen LogP contribution < -0.4 is 5.32 Å². The Balaban J connectivity index is 2.24. The van der Waals surface area contributed by atoms with Crippen LogP contribution in [-0.2, 0) is 12.7 Å². The molecule has 0 unspecified atom stereocenters. The van der Waals surface area contributed by atoms with Gasteiger partial charge in [0.1, 0.15) is 5.82 Å². The smallest absolute Gasteiger partial charge is 0.380 e. The van der Waals surface area contributed by atoms with Gasteiger partial charge >= 0.3 is 6.18 Å². The Labute approximate surface area is 132 Å². The van der Waals surface area contributed by atoms with E-state index in [1.807, 2.05) is 0 Å². The van der Waals surface area contributed by atoms with E-state index in [0.717, 1.165) is 12.1 Å². The Morgan fingerprint density at radius 3 is 2.48 bits per heavy atom. The molecule has 0 aliphatic rings. The molecule has 2 aromatic carbocycles. The van der Waals surface area contributed by atoms with Crippen molar-refractivity contribution in [3.8, 4) is 0 Å². The molecule has 0 aliphatic heterocycles. The van der Waals surface area contributed by atoms with E-state index in [9.17, 15) is 17.6 Å². The van der Waals surface area contributed by atoms with E-state index in [2.05, 4.69) is 21.2 Å². The number of hydrogen-bond donors (Lipinski definition) is 1. The van der Waals surface area contributed by atoms with Crippen LogP contribution in [0, 0.1) is 5.82 Å². The lowest BCUT2D eigenvalue weighted by Gasteiger charge is -2.13. The molecule has 21 heavy (non-hydrogen) atoms. The van der Waals surface area contributed by atoms with Crippen molar-refractivity contribution in [3.63, 3.8) is 0 Å². The van der Waals surface area contributed by atoms with Crippen LogP contribution in [-0.4, -0.2) is 0 Å². The highest BCUT2D eigenvalue weighted by atomic mass is 79.9. The van der Waals surface area contributed by atoms with Gasteiger partial charge in [0.15, 0.2) is 0 Å². The van der Waals surface area contributed by atoms with Gasteiger partial charge in [0.2, 0.25) is 0 Å². The summed E-state index contributed by atoms with van der Waals surface area (Å²) in [6, 6.07) is 7.42. The molecule has 1 N–H and O–H groups in total. The Bertz CT molecular complexity index is 638. The van der Waals surface area contributed by atoms with Crippen LogP contribution in [0.25, 0.3) is 0 Å². The Morgan fingerprint density at radius 2 is 1.86 bits per heavy atom. The fraction of sp³-hybridized carbons (Fsp3) is 0.143. The SMILES string of the molecule is Fc1cccc(Cl)c1CNc1cc(C(F)(F)F)ccc1Br. The van der Waals surface area contributed by atoms with Gasteiger partial charge < -0.3 is 5.32 Å². The third kappa shape index (κ3) is 3.89. The highest BCUT2D eigenvalue weighted by Gasteiger charge is 2.30. The molecule has 2 rings (SSSR count). The highest BCUT2D eigenvalue weighted by molar-refractivity contribution is 9.10. The van der Waals surface area contributed by atoms with Crippen molar-refractivity contribution in [1.29, 1.82) is 0 Å². The second kappa shape index (κ2) is 6.23. The maximum atomic E-state index is 13.6. The van der Waals surface area contributed by atoms with Crippen LogP contribution in [0.5, 0.6) is 0 Å². The summed E-state index contributed by atoms with van der Waals surface area (Å²) in [5.74, 6) is -0.516. The molecule has 0 aliphatic carbocycles. The fourth-order valence-electron chi connectivity index (χ4n) is 1.72. The number of anilines is 1. The summed E-state index contributed by atoms with van der Waals surface area (Å²) in [4.78, 5) is 0. The van der Waals surface area contributed by atoms with E-state index in [1.54, 1.807) is 0 Å². The third-order valence-corrected chi connectivity index (χ3v) is 3.86. The second-order valence-electron chi connectivity index (χ2n) is 4.25. The summed E-state index contributed by atoms with van der Waals surface area (Å²) in [5.41, 5.74) is -0.375. The molecular formula is C14H9BrClF4N. The highest BCUT2D eigenvalue weighted by Crippen LogP contribution is 2.34. The van der Waals surface area contributed by atoms with E-state index in [-0.39, 0.29) is 22.8 Å². The molecule has 112 valence electrons. The predicted molar refractivity (Wildman–Crippen MR) is 77.9 cm³/mol. The zero-order valence-electron chi connectivity index (χ0n) is 10.4. The van der Waals surface area contributed by atoms with Crippen molar-refractivity contribution in [2.75, 3.05) is 5.32 Å². The van der Waals surface area contributed by atoms with E-state index >= 15 is 0 Å². The normalized spacial score (nSPS) is 11.5. The van der Waals surface area contributed by atoms with Gasteiger partial charge in [-0.15, -0.1) is 0 Å². The van der Waals surface area contributed by atoms with Crippen molar-refractivity contribution >= 4 is 33.2 Å². The maximum Gasteiger partial charge on any atom is 0.416 e. The first-order valence-corrected chi connectivity index (χ1v) is 6.99. The molecule has 0 heterocycles. The number of benzene rings is 2. The summed E-state index contributed by atoms with van der Waals surface area (Å²) < 4.78 is 52.1. The van der Waals surface area contributed by atoms with Crippen LogP contribution in [0.4, 0.5) is 23.2 Å². The minimum Gasteiger partial charge on any atom is -0.380 e. The summed E-state index contributed by atoms with van der Waals surface area (Å²) in [6.45, 7) is -0.0224. The van der Waals surface area contributed by atoms with E-state index in [0.29, 0.717) is 4.47 Å². The van der Waals surface area contributed by atoms with Crippen molar-refractivity contribution < 1.29 is 17.6 Å². The lowest BCUT2D eigenvalue weighted by atomic mass is 10.1. The molecule has 0 amide bonds. The average molecular weight is 383 g/mol. The van der Waals surface area contributed by atoms with Gasteiger partial charge in [-0.25, -0.2) is 4.39 Å². The van der Waals surface area contributed by atoms with Gasteiger partial charge in [-0.2, -0.15) is 13.2 Å². The maximum absolute atomic E-state index is 13.6. The third-order valence-electron chi connectivity index (χ3n) is 2.81. The number of halogens is 6. The molecule has 0 saturated carbocycles. The van der Waals surface area contributed by atoms with Crippen molar-refractivity contribution in [2.24, 2.45) is 0 Å². The van der Waals surface area contributed by atoms with Crippen molar-refractivity contribution in [2.45, 2.75) is 12.7 Å². The minimum atomic E-state index is -4.44. The zero-order chi connectivity index (χ0) is 15.6. The molecule has 0 spiro atoms. The average Bonchev–Trinajstić information content (AvgIpc) is 2.38. The lowest BCUT2D eigenvalue weighted by molar-refractivity contribution is -0.137. The number of alkyl halides is 3. The van der Waals surface area contributed by atoms with Gasteiger partial charge in [0, 0.05) is 27.3 Å². The first kappa shape index (κ1) is 16.1. The molecule has 0 atom stereocenters. The van der Waals surface area contributed by atoms with Crippen LogP contribution in [0.2, 0.25) is 5.02 Å². The van der Waals surface area contributed by atoms with Crippen LogP contribution in [0.3, 0.4) is 0 Å². The molecule has 0 aromatic heterocycles. The van der Waals surface area contributed by atoms with Gasteiger partial charge in [-0.05, 0) is 46.3 Å². The quantitative estimate of drug-likeness (QED) is 0.654. The number of rotatable bonds is 3. The van der Waals surface area contributed by atoms with Crippen LogP contribution >= 0.6 is 27.5 Å². The second-order valence-corrected chi connectivity index (χ2v) is 5.51. The Kier molecular flexibility index (Phi) is 4.78. The summed E-state index contributed by atoms with van der Waals surface area (Å²) in [5, 5.41) is 2.97. The monoisotopic (exact) mass is 381 g/mol. The molecular weight excluding hydrogens is 374 g/mol. The standard InChI is InChI=1S/C14H9BrClF4N/c15-10-5-4-8(14(18,19)20)6-13(10)21-7-9-11(16)2-1-3-12(9)17/h1-6,21H,7H2. The van der Waals surface area contributed by atoms with Crippen molar-refractivity contribution in [3.05, 3.63) is 62.8 Å². The van der Waals surface area contributed by atoms with Gasteiger partial charge in [-0.1, -0.05) is 17.7 Å². The van der Waals surface area contributed by atoms with Crippen LogP contribution in [0.15, 0.2) is 40.9 Å². The van der Waals surface area contributed by atoms with E-state index in [1.165, 1.54) is 24.3 Å². The molecule has 0 fully saturated rings. The fourth-order valence-corrected chi connectivity index (χ4v) is 2.34. The first-order valence-electron chi connectivity index (χ1n) is 5.82. The molecule has 0 saturated heterocycles. The van der Waals surface area contributed by atoms with Crippen LogP contribution in [0.1, 0.15) is 11.1 Å². The van der Waals surface area contributed by atoms with E-state index < -0.39 is 17.6 Å². The number of hydrogen-bond acceptors (Lipinski definition) is 1. The summed E-state index contributed by atoms with van der Waals surface area (Å²) in [7, 11) is 0. The lowest BCUT2D eigenvalue weighted by Crippen LogP contribution is -2.08. The summed E-state index contributed by atoms with van der Waals surface area (Å²) >= 11 is 9.02. The Morgan fingerprint density at radius 1 is 1.14 bits per heavy atom. The van der Waals surface area contributed by atoms with Gasteiger partial charge in [0.05, 0.1) is 5.56 Å². The van der Waals surface area contributed by atoms with Crippen molar-refractivity contribution in [1.82, 2.24) is 0 Å². The largest absolute Gasteiger partial charge is 0.416 e. The topological polar surface area (TPSA) is 12.0 Å². The first-order chi connectivity index (χ1) is 9.79. The van der Waals surface area contributed by atoms with Gasteiger partial charge in [0.25, 0.3) is 0 Å². The Hall–Kier alpha value is -1.27. The minimum absolute atomic E-state index is 0.0224. The molecule has 0 radical (unpaired) electrons. The summed E-state index contributed by atoms with van der Waals surface area (Å²) in [6.07, 6.45) is -4.44. The molecule has 0 bridgehead atoms. The zero-order valence-corrected chi connectivity index (χ0v) is 12.8. The molecule has 1 nitrogen and oxygen atoms in total. The molecule has 2 aromatic rings.